The van der Waals surface area contributed by atoms with Gasteiger partial charge in [-0.3, -0.25) is 4.79 Å². The van der Waals surface area contributed by atoms with E-state index in [0.29, 0.717) is 17.3 Å². The number of nitriles is 1. The second kappa shape index (κ2) is 5.63. The lowest BCUT2D eigenvalue weighted by atomic mass is 10.2. The van der Waals surface area contributed by atoms with Crippen LogP contribution in [0.5, 0.6) is 0 Å². The van der Waals surface area contributed by atoms with E-state index >= 15 is 0 Å². The van der Waals surface area contributed by atoms with Crippen molar-refractivity contribution in [1.29, 1.82) is 5.26 Å². The van der Waals surface area contributed by atoms with Gasteiger partial charge in [0.15, 0.2) is 0 Å². The number of aromatic nitrogens is 1. The Labute approximate surface area is 122 Å². The van der Waals surface area contributed by atoms with Crippen LogP contribution in [0.2, 0.25) is 0 Å². The summed E-state index contributed by atoms with van der Waals surface area (Å²) in [6, 6.07) is 13.1. The zero-order valence-electron chi connectivity index (χ0n) is 11.3. The Balaban J connectivity index is 1.72. The van der Waals surface area contributed by atoms with Crippen molar-refractivity contribution in [3.05, 3.63) is 53.9 Å². The quantitative estimate of drug-likeness (QED) is 0.901. The number of hydrogen-bond acceptors (Lipinski definition) is 4. The van der Waals surface area contributed by atoms with E-state index in [2.05, 4.69) is 21.7 Å². The first-order chi connectivity index (χ1) is 10.3. The number of anilines is 2. The van der Waals surface area contributed by atoms with Crippen molar-refractivity contribution in [3.63, 3.8) is 0 Å². The van der Waals surface area contributed by atoms with Gasteiger partial charge in [-0.25, -0.2) is 4.98 Å². The fraction of sp³-hybridized carbons (Fsp3) is 0.188. The smallest absolute Gasteiger partial charge is 0.270 e. The van der Waals surface area contributed by atoms with Gasteiger partial charge in [-0.2, -0.15) is 5.26 Å². The molecule has 1 heterocycles. The average molecular weight is 278 g/mol. The summed E-state index contributed by atoms with van der Waals surface area (Å²) in [5.74, 6) is -0.138. The van der Waals surface area contributed by atoms with Crippen molar-refractivity contribution in [2.24, 2.45) is 0 Å². The van der Waals surface area contributed by atoms with Crippen LogP contribution in [0.3, 0.4) is 0 Å². The monoisotopic (exact) mass is 278 g/mol. The Morgan fingerprint density at radius 2 is 2.05 bits per heavy atom. The molecule has 2 aromatic rings. The third-order valence-electron chi connectivity index (χ3n) is 3.24. The van der Waals surface area contributed by atoms with E-state index in [1.54, 1.807) is 24.4 Å². The van der Waals surface area contributed by atoms with Crippen LogP contribution >= 0.6 is 0 Å². The lowest BCUT2D eigenvalue weighted by Gasteiger charge is -2.08. The van der Waals surface area contributed by atoms with E-state index < -0.39 is 0 Å². The molecule has 0 unspecified atom stereocenters. The number of nitrogens with one attached hydrogen (secondary N) is 2. The molecule has 1 aliphatic carbocycles. The maximum Gasteiger partial charge on any atom is 0.270 e. The first-order valence-electron chi connectivity index (χ1n) is 6.79. The van der Waals surface area contributed by atoms with Crippen molar-refractivity contribution >= 4 is 17.3 Å². The number of nitrogens with zero attached hydrogens (tertiary/aromatic N) is 2. The number of hydrogen-bond donors (Lipinski definition) is 2. The topological polar surface area (TPSA) is 77.8 Å². The van der Waals surface area contributed by atoms with Crippen molar-refractivity contribution in [1.82, 2.24) is 10.3 Å². The summed E-state index contributed by atoms with van der Waals surface area (Å²) in [7, 11) is 0. The van der Waals surface area contributed by atoms with Crippen LogP contribution in [-0.4, -0.2) is 16.9 Å². The standard InChI is InChI=1S/C16H14N4O/c17-9-11-3-1-2-4-14(11)19-13-7-8-15(18-10-13)16(21)20-12-5-6-12/h1-4,7-8,10,12,19H,5-6H2,(H,20,21). The molecule has 1 aromatic heterocycles. The number of amides is 1. The molecule has 0 radical (unpaired) electrons. The Hall–Kier alpha value is -2.87. The predicted molar refractivity (Wildman–Crippen MR) is 79.2 cm³/mol. The Bertz CT molecular complexity index is 699. The number of carbonyl (C=O) groups excluding carboxylic acids is 1. The summed E-state index contributed by atoms with van der Waals surface area (Å²) < 4.78 is 0. The van der Waals surface area contributed by atoms with Crippen molar-refractivity contribution in [3.8, 4) is 6.07 Å². The van der Waals surface area contributed by atoms with Crippen molar-refractivity contribution in [2.75, 3.05) is 5.32 Å². The largest absolute Gasteiger partial charge is 0.353 e. The highest BCUT2D eigenvalue weighted by atomic mass is 16.2. The highest BCUT2D eigenvalue weighted by Crippen LogP contribution is 2.21. The minimum absolute atomic E-state index is 0.138. The van der Waals surface area contributed by atoms with Crippen LogP contribution in [-0.2, 0) is 0 Å². The van der Waals surface area contributed by atoms with Crippen molar-refractivity contribution in [2.45, 2.75) is 18.9 Å². The fourth-order valence-electron chi connectivity index (χ4n) is 1.93. The molecule has 1 fully saturated rings. The molecular formula is C16H14N4O. The van der Waals surface area contributed by atoms with Crippen LogP contribution in [0.25, 0.3) is 0 Å². The van der Waals surface area contributed by atoms with E-state index in [1.165, 1.54) is 0 Å². The van der Waals surface area contributed by atoms with Gasteiger partial charge in [0.1, 0.15) is 11.8 Å². The summed E-state index contributed by atoms with van der Waals surface area (Å²) in [5, 5.41) is 15.1. The number of rotatable bonds is 4. The number of para-hydroxylation sites is 1. The lowest BCUT2D eigenvalue weighted by molar-refractivity contribution is 0.0946. The van der Waals surface area contributed by atoms with E-state index in [9.17, 15) is 4.79 Å². The molecule has 0 saturated heterocycles. The van der Waals surface area contributed by atoms with Gasteiger partial charge >= 0.3 is 0 Å². The van der Waals surface area contributed by atoms with Crippen LogP contribution in [0.15, 0.2) is 42.6 Å². The number of carbonyl (C=O) groups is 1. The molecule has 2 N–H and O–H groups in total. The second-order valence-corrected chi connectivity index (χ2v) is 4.96. The van der Waals surface area contributed by atoms with Gasteiger partial charge in [0, 0.05) is 6.04 Å². The fourth-order valence-corrected chi connectivity index (χ4v) is 1.93. The molecule has 1 aromatic carbocycles. The molecular weight excluding hydrogens is 264 g/mol. The number of pyridine rings is 1. The summed E-state index contributed by atoms with van der Waals surface area (Å²) in [6.45, 7) is 0. The van der Waals surface area contributed by atoms with E-state index in [1.807, 2.05) is 18.2 Å². The maximum absolute atomic E-state index is 11.8. The first kappa shape index (κ1) is 13.1. The molecule has 1 saturated carbocycles. The Kier molecular flexibility index (Phi) is 3.52. The maximum atomic E-state index is 11.8. The molecule has 0 atom stereocenters. The third kappa shape index (κ3) is 3.18. The molecule has 5 heteroatoms. The first-order valence-corrected chi connectivity index (χ1v) is 6.79. The highest BCUT2D eigenvalue weighted by molar-refractivity contribution is 5.92. The van der Waals surface area contributed by atoms with Gasteiger partial charge in [0.05, 0.1) is 23.1 Å². The zero-order valence-corrected chi connectivity index (χ0v) is 11.3. The zero-order chi connectivity index (χ0) is 14.7. The molecule has 0 aliphatic heterocycles. The molecule has 0 spiro atoms. The molecule has 0 bridgehead atoms. The molecule has 104 valence electrons. The molecule has 1 amide bonds. The van der Waals surface area contributed by atoms with Gasteiger partial charge in [0.25, 0.3) is 5.91 Å². The minimum atomic E-state index is -0.138. The van der Waals surface area contributed by atoms with Gasteiger partial charge in [-0.1, -0.05) is 12.1 Å². The van der Waals surface area contributed by atoms with Crippen LogP contribution in [0.1, 0.15) is 28.9 Å². The van der Waals surface area contributed by atoms with Crippen LogP contribution in [0, 0.1) is 11.3 Å². The van der Waals surface area contributed by atoms with E-state index in [-0.39, 0.29) is 5.91 Å². The van der Waals surface area contributed by atoms with Gasteiger partial charge in [-0.05, 0) is 37.1 Å². The third-order valence-corrected chi connectivity index (χ3v) is 3.24. The SMILES string of the molecule is N#Cc1ccccc1Nc1ccc(C(=O)NC2CC2)nc1. The van der Waals surface area contributed by atoms with Gasteiger partial charge < -0.3 is 10.6 Å². The summed E-state index contributed by atoms with van der Waals surface area (Å²) in [6.07, 6.45) is 3.70. The molecule has 5 nitrogen and oxygen atoms in total. The molecule has 21 heavy (non-hydrogen) atoms. The second-order valence-electron chi connectivity index (χ2n) is 4.96. The predicted octanol–water partition coefficient (Wildman–Crippen LogP) is 2.59. The summed E-state index contributed by atoms with van der Waals surface area (Å²) >= 11 is 0. The van der Waals surface area contributed by atoms with Crippen molar-refractivity contribution < 1.29 is 4.79 Å². The molecule has 1 aliphatic rings. The van der Waals surface area contributed by atoms with E-state index in [0.717, 1.165) is 24.2 Å². The van der Waals surface area contributed by atoms with E-state index in [4.69, 9.17) is 5.26 Å². The average Bonchev–Trinajstić information content (AvgIpc) is 3.32. The molecule has 3 rings (SSSR count). The lowest BCUT2D eigenvalue weighted by Crippen LogP contribution is -2.26. The normalized spacial score (nSPS) is 13.3. The summed E-state index contributed by atoms with van der Waals surface area (Å²) in [5.41, 5.74) is 2.42. The minimum Gasteiger partial charge on any atom is -0.353 e. The highest BCUT2D eigenvalue weighted by Gasteiger charge is 2.24. The van der Waals surface area contributed by atoms with Crippen LogP contribution in [0.4, 0.5) is 11.4 Å². The van der Waals surface area contributed by atoms with Gasteiger partial charge in [-0.15, -0.1) is 0 Å². The van der Waals surface area contributed by atoms with Gasteiger partial charge in [0.2, 0.25) is 0 Å². The Morgan fingerprint density at radius 1 is 1.24 bits per heavy atom. The summed E-state index contributed by atoms with van der Waals surface area (Å²) in [4.78, 5) is 16.0. The Morgan fingerprint density at radius 3 is 2.71 bits per heavy atom. The number of benzene rings is 1. The van der Waals surface area contributed by atoms with Crippen LogP contribution < -0.4 is 10.6 Å².